The Kier molecular flexibility index (Phi) is 5.89. The summed E-state index contributed by atoms with van der Waals surface area (Å²) in [6, 6.07) is 10.2. The van der Waals surface area contributed by atoms with Crippen molar-refractivity contribution >= 4 is 11.7 Å². The topological polar surface area (TPSA) is 53.6 Å². The smallest absolute Gasteiger partial charge is 0.315 e. The average Bonchev–Trinajstić information content (AvgIpc) is 2.75. The second-order valence-electron chi connectivity index (χ2n) is 9.99. The first kappa shape index (κ1) is 22.0. The van der Waals surface area contributed by atoms with Crippen LogP contribution in [0.3, 0.4) is 0 Å². The van der Waals surface area contributed by atoms with Crippen molar-refractivity contribution in [3.8, 4) is 5.75 Å². The third-order valence-electron chi connectivity index (χ3n) is 7.56. The summed E-state index contributed by atoms with van der Waals surface area (Å²) in [6.45, 7) is 2.20. The van der Waals surface area contributed by atoms with Crippen molar-refractivity contribution in [1.29, 1.82) is 0 Å². The number of hydrogen-bond donors (Lipinski definition) is 2. The van der Waals surface area contributed by atoms with Gasteiger partial charge in [0.05, 0.1) is 7.11 Å². The van der Waals surface area contributed by atoms with Crippen LogP contribution in [0.4, 0.5) is 19.3 Å². The summed E-state index contributed by atoms with van der Waals surface area (Å²) in [6.07, 6.45) is 5.87. The molecule has 0 bridgehead atoms. The summed E-state index contributed by atoms with van der Waals surface area (Å²) in [4.78, 5) is 14.4. The molecular weight excluding hydrogens is 424 g/mol. The molecule has 2 N–H and O–H groups in total. The van der Waals surface area contributed by atoms with Gasteiger partial charge in [-0.1, -0.05) is 12.1 Å². The fraction of sp³-hybridized carbons (Fsp3) is 0.500. The minimum Gasteiger partial charge on any atom is -0.497 e. The Balaban J connectivity index is 1.05. The van der Waals surface area contributed by atoms with Crippen molar-refractivity contribution in [2.45, 2.75) is 51.1 Å². The molecule has 0 saturated heterocycles. The van der Waals surface area contributed by atoms with E-state index in [1.165, 1.54) is 6.07 Å². The number of carbonyl (C=O) groups is 1. The molecule has 1 spiro atoms. The van der Waals surface area contributed by atoms with Crippen LogP contribution in [0.25, 0.3) is 0 Å². The molecule has 0 radical (unpaired) electrons. The number of halogens is 2. The maximum absolute atomic E-state index is 14.1. The Morgan fingerprint density at radius 3 is 2.64 bits per heavy atom. The van der Waals surface area contributed by atoms with Gasteiger partial charge in [0.15, 0.2) is 0 Å². The standard InChI is InChI=1S/C26H31F2N3O2/c1-33-21-6-4-17(5-7-21)15-29-25(32)30-20-13-26(14-20)11-18(12-26)16-31-8-2-3-22-23(28)9-19(27)10-24(22)31/h4-7,9-10,18,20H,2-3,8,11-16H2,1H3,(H2,29,30,32). The summed E-state index contributed by atoms with van der Waals surface area (Å²) in [5, 5.41) is 6.01. The number of nitrogens with one attached hydrogen (secondary N) is 2. The number of hydrogen-bond acceptors (Lipinski definition) is 3. The van der Waals surface area contributed by atoms with Crippen molar-refractivity contribution in [2.75, 3.05) is 25.1 Å². The minimum atomic E-state index is -0.499. The molecule has 1 aliphatic heterocycles. The Labute approximate surface area is 193 Å². The molecule has 5 rings (SSSR count). The quantitative estimate of drug-likeness (QED) is 0.659. The number of nitrogens with zero attached hydrogens (tertiary/aromatic N) is 1. The molecule has 3 aliphatic rings. The van der Waals surface area contributed by atoms with E-state index in [9.17, 15) is 13.6 Å². The van der Waals surface area contributed by atoms with Crippen LogP contribution in [-0.2, 0) is 13.0 Å². The summed E-state index contributed by atoms with van der Waals surface area (Å²) in [5.41, 5.74) is 2.76. The molecule has 33 heavy (non-hydrogen) atoms. The van der Waals surface area contributed by atoms with Gasteiger partial charge < -0.3 is 20.3 Å². The lowest BCUT2D eigenvalue weighted by atomic mass is 9.50. The molecular formula is C26H31F2N3O2. The molecule has 0 atom stereocenters. The van der Waals surface area contributed by atoms with Crippen LogP contribution in [-0.4, -0.2) is 32.3 Å². The van der Waals surface area contributed by atoms with Crippen molar-refractivity contribution in [2.24, 2.45) is 11.3 Å². The van der Waals surface area contributed by atoms with Gasteiger partial charge in [-0.15, -0.1) is 0 Å². The van der Waals surface area contributed by atoms with Gasteiger partial charge in [0.1, 0.15) is 17.4 Å². The van der Waals surface area contributed by atoms with E-state index in [-0.39, 0.29) is 12.1 Å². The van der Waals surface area contributed by atoms with Gasteiger partial charge in [-0.25, -0.2) is 13.6 Å². The van der Waals surface area contributed by atoms with Crippen molar-refractivity contribution in [1.82, 2.24) is 10.6 Å². The number of methoxy groups -OCH3 is 1. The highest BCUT2D eigenvalue weighted by atomic mass is 19.1. The lowest BCUT2D eigenvalue weighted by Gasteiger charge is -2.58. The Bertz CT molecular complexity index is 1010. The first-order valence-corrected chi connectivity index (χ1v) is 11.8. The van der Waals surface area contributed by atoms with Gasteiger partial charge in [-0.2, -0.15) is 0 Å². The van der Waals surface area contributed by atoms with E-state index in [0.717, 1.165) is 68.3 Å². The Morgan fingerprint density at radius 1 is 1.15 bits per heavy atom. The highest BCUT2D eigenvalue weighted by molar-refractivity contribution is 5.74. The molecule has 7 heteroatoms. The fourth-order valence-electron chi connectivity index (χ4n) is 6.07. The summed E-state index contributed by atoms with van der Waals surface area (Å²) < 4.78 is 33.1. The van der Waals surface area contributed by atoms with Crippen molar-refractivity contribution in [3.05, 3.63) is 59.2 Å². The van der Waals surface area contributed by atoms with Gasteiger partial charge in [-0.05, 0) is 73.6 Å². The van der Waals surface area contributed by atoms with Crippen LogP contribution in [0, 0.1) is 23.0 Å². The number of fused-ring (bicyclic) bond motifs is 1. The molecule has 2 aromatic carbocycles. The molecule has 1 heterocycles. The van der Waals surface area contributed by atoms with E-state index in [1.807, 2.05) is 24.3 Å². The highest BCUT2D eigenvalue weighted by Gasteiger charge is 2.53. The molecule has 176 valence electrons. The number of ether oxygens (including phenoxy) is 1. The van der Waals surface area contributed by atoms with E-state index < -0.39 is 11.6 Å². The average molecular weight is 456 g/mol. The van der Waals surface area contributed by atoms with Crippen molar-refractivity contribution < 1.29 is 18.3 Å². The number of anilines is 1. The number of amides is 2. The van der Waals surface area contributed by atoms with Crippen LogP contribution in [0.1, 0.15) is 43.2 Å². The molecule has 0 aromatic heterocycles. The van der Waals surface area contributed by atoms with E-state index in [2.05, 4.69) is 15.5 Å². The third-order valence-corrected chi connectivity index (χ3v) is 7.56. The maximum Gasteiger partial charge on any atom is 0.315 e. The third kappa shape index (κ3) is 4.63. The zero-order valence-electron chi connectivity index (χ0n) is 19.0. The predicted molar refractivity (Wildman–Crippen MR) is 123 cm³/mol. The number of benzene rings is 2. The molecule has 2 fully saturated rings. The monoisotopic (exact) mass is 455 g/mol. The van der Waals surface area contributed by atoms with Gasteiger partial charge in [-0.3, -0.25) is 0 Å². The Morgan fingerprint density at radius 2 is 1.91 bits per heavy atom. The van der Waals surface area contributed by atoms with Crippen LogP contribution >= 0.6 is 0 Å². The molecule has 2 saturated carbocycles. The molecule has 2 aliphatic carbocycles. The van der Waals surface area contributed by atoms with Crippen LogP contribution in [0.5, 0.6) is 5.75 Å². The second-order valence-corrected chi connectivity index (χ2v) is 9.99. The molecule has 5 nitrogen and oxygen atoms in total. The largest absolute Gasteiger partial charge is 0.497 e. The normalized spacial score (nSPS) is 25.6. The highest BCUT2D eigenvalue weighted by Crippen LogP contribution is 2.59. The van der Waals surface area contributed by atoms with Crippen molar-refractivity contribution in [3.63, 3.8) is 0 Å². The molecule has 0 unspecified atom stereocenters. The molecule has 2 aromatic rings. The van der Waals surface area contributed by atoms with Crippen LogP contribution in [0.15, 0.2) is 36.4 Å². The first-order chi connectivity index (χ1) is 15.9. The SMILES string of the molecule is COc1ccc(CNC(=O)NC2CC3(CC(CN4CCCc5c(F)cc(F)cc54)C3)C2)cc1. The van der Waals surface area contributed by atoms with Crippen LogP contribution < -0.4 is 20.3 Å². The zero-order chi connectivity index (χ0) is 23.0. The van der Waals surface area contributed by atoms with Gasteiger partial charge in [0.2, 0.25) is 0 Å². The number of rotatable bonds is 6. The summed E-state index contributed by atoms with van der Waals surface area (Å²) >= 11 is 0. The first-order valence-electron chi connectivity index (χ1n) is 11.8. The number of carbonyl (C=O) groups excluding carboxylic acids is 1. The summed E-state index contributed by atoms with van der Waals surface area (Å²) in [7, 11) is 1.63. The van der Waals surface area contributed by atoms with E-state index in [4.69, 9.17) is 4.74 Å². The second kappa shape index (κ2) is 8.84. The lowest BCUT2D eigenvalue weighted by Crippen LogP contribution is -2.58. The number of urea groups is 1. The predicted octanol–water partition coefficient (Wildman–Crippen LogP) is 4.78. The minimum absolute atomic E-state index is 0.129. The Hall–Kier alpha value is -2.83. The lowest BCUT2D eigenvalue weighted by molar-refractivity contribution is -0.0428. The van der Waals surface area contributed by atoms with E-state index in [1.54, 1.807) is 7.11 Å². The van der Waals surface area contributed by atoms with Gasteiger partial charge >= 0.3 is 6.03 Å². The summed E-state index contributed by atoms with van der Waals surface area (Å²) in [5.74, 6) is 0.428. The maximum atomic E-state index is 14.1. The van der Waals surface area contributed by atoms with E-state index in [0.29, 0.717) is 29.9 Å². The van der Waals surface area contributed by atoms with Gasteiger partial charge in [0, 0.05) is 43.0 Å². The van der Waals surface area contributed by atoms with Gasteiger partial charge in [0.25, 0.3) is 0 Å². The molecule has 2 amide bonds. The zero-order valence-corrected chi connectivity index (χ0v) is 19.0. The van der Waals surface area contributed by atoms with E-state index >= 15 is 0 Å². The van der Waals surface area contributed by atoms with Crippen LogP contribution in [0.2, 0.25) is 0 Å². The fourth-order valence-corrected chi connectivity index (χ4v) is 6.07.